The fourth-order valence-electron chi connectivity index (χ4n) is 10.1. The van der Waals surface area contributed by atoms with Gasteiger partial charge < -0.3 is 19.6 Å². The van der Waals surface area contributed by atoms with Gasteiger partial charge in [-0.25, -0.2) is 0 Å². The molecule has 17 heteroatoms. The number of nitrogens with zero attached hydrogens (tertiary/aromatic N) is 12. The van der Waals surface area contributed by atoms with Gasteiger partial charge in [0.15, 0.2) is 11.6 Å². The lowest BCUT2D eigenvalue weighted by Gasteiger charge is -2.33. The van der Waals surface area contributed by atoms with Crippen LogP contribution in [-0.4, -0.2) is 86.9 Å². The third kappa shape index (κ3) is 8.36. The number of aromatic nitrogens is 8. The number of alkyl halides is 3. The van der Waals surface area contributed by atoms with Crippen molar-refractivity contribution in [3.05, 3.63) is 94.3 Å². The third-order valence-corrected chi connectivity index (χ3v) is 13.4. The van der Waals surface area contributed by atoms with E-state index in [2.05, 4.69) is 58.0 Å². The van der Waals surface area contributed by atoms with Gasteiger partial charge in [0.05, 0.1) is 31.0 Å². The molecule has 0 atom stereocenters. The van der Waals surface area contributed by atoms with Crippen molar-refractivity contribution in [1.82, 2.24) is 48.9 Å². The number of benzene rings is 2. The summed E-state index contributed by atoms with van der Waals surface area (Å²) in [4.78, 5) is 32.2. The Hall–Kier alpha value is -6.39. The quantitative estimate of drug-likeness (QED) is 0.163. The molecule has 0 aliphatic carbocycles. The summed E-state index contributed by atoms with van der Waals surface area (Å²) in [6, 6.07) is 10.0. The summed E-state index contributed by atoms with van der Waals surface area (Å²) < 4.78 is 50.2. The number of rotatable bonds is 6. The van der Waals surface area contributed by atoms with Crippen molar-refractivity contribution in [2.75, 3.05) is 36.0 Å². The number of fused-ring (bicyclic) bond motifs is 4. The van der Waals surface area contributed by atoms with Gasteiger partial charge in [0.25, 0.3) is 0 Å². The number of hydrogen-bond acceptors (Lipinski definition) is 8. The molecule has 4 aliphatic heterocycles. The molecule has 2 aromatic carbocycles. The van der Waals surface area contributed by atoms with Crippen LogP contribution in [0.2, 0.25) is 0 Å². The van der Waals surface area contributed by atoms with Gasteiger partial charge in [-0.3, -0.25) is 28.3 Å². The maximum Gasteiger partial charge on any atom is 0.417 e. The molecule has 0 unspecified atom stereocenters. The molecule has 14 nitrogen and oxygen atoms in total. The predicted octanol–water partition coefficient (Wildman–Crippen LogP) is 8.73. The van der Waals surface area contributed by atoms with Crippen LogP contribution >= 0.6 is 0 Å². The zero-order valence-electron chi connectivity index (χ0n) is 39.2. The first-order valence-corrected chi connectivity index (χ1v) is 23.1. The van der Waals surface area contributed by atoms with E-state index in [4.69, 9.17) is 10.2 Å². The molecule has 4 aromatic heterocycles. The highest BCUT2D eigenvalue weighted by Crippen LogP contribution is 2.46. The summed E-state index contributed by atoms with van der Waals surface area (Å²) in [5, 5.41) is 18.4. The van der Waals surface area contributed by atoms with Gasteiger partial charge in [-0.1, -0.05) is 6.07 Å². The molecule has 0 bridgehead atoms. The van der Waals surface area contributed by atoms with E-state index in [1.807, 2.05) is 46.3 Å². The molecule has 0 spiro atoms. The largest absolute Gasteiger partial charge is 0.417 e. The molecule has 10 rings (SSSR count). The lowest BCUT2D eigenvalue weighted by atomic mass is 9.92. The van der Waals surface area contributed by atoms with Crippen LogP contribution < -0.4 is 9.80 Å². The number of anilines is 4. The fourth-order valence-corrected chi connectivity index (χ4v) is 10.1. The number of aryl methyl sites for hydroxylation is 4. The molecule has 6 aromatic rings. The van der Waals surface area contributed by atoms with Gasteiger partial charge in [0.1, 0.15) is 0 Å². The monoisotopic (exact) mass is 904 g/mol. The van der Waals surface area contributed by atoms with E-state index < -0.39 is 11.7 Å². The Kier molecular flexibility index (Phi) is 11.8. The molecule has 66 heavy (non-hydrogen) atoms. The average molecular weight is 905 g/mol. The van der Waals surface area contributed by atoms with Gasteiger partial charge in [-0.2, -0.15) is 33.6 Å². The number of hydrogen-bond donors (Lipinski definition) is 0. The van der Waals surface area contributed by atoms with Crippen molar-refractivity contribution in [2.24, 2.45) is 14.1 Å². The maximum atomic E-state index is 14.3. The lowest BCUT2D eigenvalue weighted by Crippen LogP contribution is -2.35. The summed E-state index contributed by atoms with van der Waals surface area (Å²) in [5.41, 5.74) is 10.7. The van der Waals surface area contributed by atoms with Crippen LogP contribution in [0.25, 0.3) is 22.3 Å². The van der Waals surface area contributed by atoms with Crippen molar-refractivity contribution in [3.8, 4) is 22.3 Å². The average Bonchev–Trinajstić information content (AvgIpc) is 4.10. The normalized spacial score (nSPS) is 16.0. The molecule has 0 radical (unpaired) electrons. The number of carbonyl (C=O) groups excluding carboxylic acids is 2. The molecule has 0 saturated carbocycles. The summed E-state index contributed by atoms with van der Waals surface area (Å²) >= 11 is 0. The van der Waals surface area contributed by atoms with Crippen LogP contribution in [0.3, 0.4) is 0 Å². The molecule has 2 amide bonds. The van der Waals surface area contributed by atoms with Gasteiger partial charge in [-0.05, 0) is 99.9 Å². The first-order valence-electron chi connectivity index (χ1n) is 23.1. The van der Waals surface area contributed by atoms with Gasteiger partial charge in [0, 0.05) is 136 Å². The van der Waals surface area contributed by atoms with Gasteiger partial charge >= 0.3 is 6.18 Å². The van der Waals surface area contributed by atoms with Crippen LogP contribution in [-0.2, 0) is 68.6 Å². The second-order valence-electron chi connectivity index (χ2n) is 18.6. The first-order chi connectivity index (χ1) is 31.5. The SMILES string of the molecule is CC(=O)N1CCc2c(c(N3CCCc4cc(-c5cnn(C)c5)c(C(F)(F)F)cc43)nn2C(C)C)C1.CC(=O)N1CCc2c(c(N3CCCc4cc(-c5cnn(C)c5)ccc43)nn2C(C)C)C1. The third-order valence-electron chi connectivity index (χ3n) is 13.4. The maximum absolute atomic E-state index is 14.3. The van der Waals surface area contributed by atoms with E-state index in [0.29, 0.717) is 62.1 Å². The molecule has 0 fully saturated rings. The summed E-state index contributed by atoms with van der Waals surface area (Å²) in [7, 11) is 3.64. The highest BCUT2D eigenvalue weighted by atomic mass is 19.4. The zero-order valence-corrected chi connectivity index (χ0v) is 39.2. The van der Waals surface area contributed by atoms with Crippen LogP contribution in [0.1, 0.15) is 106 Å². The first kappa shape index (κ1) is 44.8. The van der Waals surface area contributed by atoms with Gasteiger partial charge in [0.2, 0.25) is 11.8 Å². The lowest BCUT2D eigenvalue weighted by molar-refractivity contribution is -0.137. The molecule has 348 valence electrons. The van der Waals surface area contributed by atoms with Crippen molar-refractivity contribution in [2.45, 2.75) is 111 Å². The second-order valence-corrected chi connectivity index (χ2v) is 18.6. The van der Waals surface area contributed by atoms with E-state index in [0.717, 1.165) is 67.0 Å². The van der Waals surface area contributed by atoms with Crippen molar-refractivity contribution < 1.29 is 22.8 Å². The summed E-state index contributed by atoms with van der Waals surface area (Å²) in [5.74, 6) is 1.79. The Labute approximate surface area is 383 Å². The Morgan fingerprint density at radius 1 is 0.621 bits per heavy atom. The Bertz CT molecular complexity index is 2810. The molecule has 8 heterocycles. The summed E-state index contributed by atoms with van der Waals surface area (Å²) in [6.07, 6.45) is 7.69. The minimum Gasteiger partial charge on any atom is -0.338 e. The van der Waals surface area contributed by atoms with Crippen molar-refractivity contribution in [3.63, 3.8) is 0 Å². The van der Waals surface area contributed by atoms with Gasteiger partial charge in [-0.15, -0.1) is 0 Å². The topological polar surface area (TPSA) is 118 Å². The number of halogens is 3. The molecule has 0 saturated heterocycles. The van der Waals surface area contributed by atoms with Crippen LogP contribution in [0.5, 0.6) is 0 Å². The van der Waals surface area contributed by atoms with E-state index in [-0.39, 0.29) is 23.4 Å². The van der Waals surface area contributed by atoms with Crippen LogP contribution in [0, 0.1) is 0 Å². The van der Waals surface area contributed by atoms with Crippen LogP contribution in [0.15, 0.2) is 55.1 Å². The Morgan fingerprint density at radius 2 is 1.12 bits per heavy atom. The Morgan fingerprint density at radius 3 is 1.59 bits per heavy atom. The van der Waals surface area contributed by atoms with E-state index in [9.17, 15) is 22.8 Å². The molecule has 4 aliphatic rings. The fraction of sp³-hybridized carbons (Fsp3) is 0.469. The van der Waals surface area contributed by atoms with E-state index in [1.165, 1.54) is 45.0 Å². The molecular weight excluding hydrogens is 846 g/mol. The number of carbonyl (C=O) groups is 2. The van der Waals surface area contributed by atoms with Crippen LogP contribution in [0.4, 0.5) is 36.2 Å². The molecule has 0 N–H and O–H groups in total. The summed E-state index contributed by atoms with van der Waals surface area (Å²) in [6.45, 7) is 15.6. The van der Waals surface area contributed by atoms with Crippen molar-refractivity contribution >= 4 is 34.8 Å². The highest BCUT2D eigenvalue weighted by molar-refractivity contribution is 5.79. The second kappa shape index (κ2) is 17.4. The van der Waals surface area contributed by atoms with Crippen molar-refractivity contribution in [1.29, 1.82) is 0 Å². The Balaban J connectivity index is 0.000000167. The zero-order chi connectivity index (χ0) is 46.8. The smallest absolute Gasteiger partial charge is 0.338 e. The standard InChI is InChI=1S/C25H29F3N6O.C24H30N6O/c1-15(2)34-22-7-9-32(16(3)35)14-20(22)24(30-34)33-8-5-6-17-10-19(18-12-29-31(4)13-18)21(11-23(17)33)25(26,27)28;1-16(2)30-23-9-11-28(17(3)31)15-21(23)24(26-30)29-10-5-6-19-12-18(7-8-22(19)29)20-13-25-27(4)14-20/h10-13,15H,5-9,14H2,1-4H3;7-8,12-14,16H,5-6,9-11,15H2,1-4H3. The predicted molar refractivity (Wildman–Crippen MR) is 248 cm³/mol. The van der Waals surface area contributed by atoms with E-state index >= 15 is 0 Å². The van der Waals surface area contributed by atoms with E-state index in [1.54, 1.807) is 38.1 Å². The molecular formula is C49H59F3N12O2. The number of amides is 2. The minimum absolute atomic E-state index is 0.0154. The minimum atomic E-state index is -4.52. The highest BCUT2D eigenvalue weighted by Gasteiger charge is 2.38.